The van der Waals surface area contributed by atoms with Gasteiger partial charge in [-0.2, -0.15) is 0 Å². The van der Waals surface area contributed by atoms with Gasteiger partial charge in [-0.15, -0.1) is 11.3 Å². The second kappa shape index (κ2) is 8.31. The van der Waals surface area contributed by atoms with E-state index in [1.54, 1.807) is 12.0 Å². The Kier molecular flexibility index (Phi) is 5.64. The second-order valence-corrected chi connectivity index (χ2v) is 8.66. The number of carbonyl (C=O) groups is 1. The lowest BCUT2D eigenvalue weighted by Crippen LogP contribution is -3.20. The largest absolute Gasteiger partial charge is 0.495 e. The van der Waals surface area contributed by atoms with Gasteiger partial charge in [0.05, 0.1) is 29.8 Å². The van der Waals surface area contributed by atoms with Crippen LogP contribution < -0.4 is 20.3 Å². The van der Waals surface area contributed by atoms with E-state index < -0.39 is 0 Å². The Hall–Kier alpha value is -2.05. The number of hydrogen-bond acceptors (Lipinski definition) is 3. The smallest absolute Gasteiger partial charge is 0.319 e. The van der Waals surface area contributed by atoms with Crippen LogP contribution in [0.1, 0.15) is 37.0 Å². The first kappa shape index (κ1) is 18.3. The number of nitrogens with one attached hydrogen (secondary N) is 3. The molecule has 2 unspecified atom stereocenters. The summed E-state index contributed by atoms with van der Waals surface area (Å²) in [6, 6.07) is 13.3. The van der Waals surface area contributed by atoms with Gasteiger partial charge in [-0.3, -0.25) is 0 Å². The summed E-state index contributed by atoms with van der Waals surface area (Å²) in [4.78, 5) is 15.7. The fourth-order valence-corrected chi connectivity index (χ4v) is 5.49. The van der Waals surface area contributed by atoms with Crippen LogP contribution in [0.4, 0.5) is 10.5 Å². The number of quaternary nitrogens is 1. The van der Waals surface area contributed by atoms with Crippen LogP contribution in [-0.2, 0) is 6.54 Å². The van der Waals surface area contributed by atoms with Crippen LogP contribution in [0.25, 0.3) is 0 Å². The summed E-state index contributed by atoms with van der Waals surface area (Å²) in [5.74, 6) is 0.680. The Morgan fingerprint density at radius 3 is 2.67 bits per heavy atom. The lowest BCUT2D eigenvalue weighted by atomic mass is 9.81. The fourth-order valence-electron chi connectivity index (χ4n) is 4.75. The number of thiophene rings is 1. The molecule has 1 aromatic heterocycles. The number of para-hydroxylation sites is 2. The number of fused-ring (bicyclic) bond motifs is 2. The quantitative estimate of drug-likeness (QED) is 0.740. The lowest BCUT2D eigenvalue weighted by Gasteiger charge is -2.45. The van der Waals surface area contributed by atoms with Crippen molar-refractivity contribution in [1.29, 1.82) is 0 Å². The first-order chi connectivity index (χ1) is 13.2. The van der Waals surface area contributed by atoms with Crippen LogP contribution in [0.3, 0.4) is 0 Å². The predicted octanol–water partition coefficient (Wildman–Crippen LogP) is 3.05. The van der Waals surface area contributed by atoms with Crippen LogP contribution in [-0.4, -0.2) is 31.3 Å². The van der Waals surface area contributed by atoms with Gasteiger partial charge in [0.15, 0.2) is 0 Å². The molecule has 2 aliphatic rings. The van der Waals surface area contributed by atoms with Crippen molar-refractivity contribution in [1.82, 2.24) is 5.32 Å². The number of piperidine rings is 2. The van der Waals surface area contributed by atoms with E-state index in [1.807, 2.05) is 35.6 Å². The minimum atomic E-state index is -0.135. The molecule has 5 nitrogen and oxygen atoms in total. The number of benzene rings is 1. The maximum Gasteiger partial charge on any atom is 0.319 e. The van der Waals surface area contributed by atoms with Crippen LogP contribution >= 0.6 is 11.3 Å². The van der Waals surface area contributed by atoms with Gasteiger partial charge in [0.2, 0.25) is 0 Å². The van der Waals surface area contributed by atoms with E-state index in [1.165, 1.54) is 24.1 Å². The third-order valence-electron chi connectivity index (χ3n) is 5.94. The highest BCUT2D eigenvalue weighted by Gasteiger charge is 2.42. The maximum atomic E-state index is 12.5. The minimum absolute atomic E-state index is 0.135. The summed E-state index contributed by atoms with van der Waals surface area (Å²) < 4.78 is 5.32. The summed E-state index contributed by atoms with van der Waals surface area (Å²) in [7, 11) is 1.62. The Bertz CT molecular complexity index is 751. The molecule has 1 aromatic carbocycles. The molecule has 2 saturated heterocycles. The van der Waals surface area contributed by atoms with Gasteiger partial charge in [-0.1, -0.05) is 18.2 Å². The summed E-state index contributed by atoms with van der Waals surface area (Å²) in [6.07, 6.45) is 5.99. The molecular formula is C21H28N3O2S+. The summed E-state index contributed by atoms with van der Waals surface area (Å²) >= 11 is 1.86. The molecule has 27 heavy (non-hydrogen) atoms. The predicted molar refractivity (Wildman–Crippen MR) is 109 cm³/mol. The third kappa shape index (κ3) is 4.28. The zero-order valence-corrected chi connectivity index (χ0v) is 16.6. The van der Waals surface area contributed by atoms with Crippen LogP contribution in [0, 0.1) is 0 Å². The highest BCUT2D eigenvalue weighted by Crippen LogP contribution is 2.25. The molecule has 6 heteroatoms. The summed E-state index contributed by atoms with van der Waals surface area (Å²) in [6.45, 7) is 1.13. The molecule has 0 spiro atoms. The number of methoxy groups -OCH3 is 1. The van der Waals surface area contributed by atoms with Gasteiger partial charge in [-0.05, 0) is 42.8 Å². The van der Waals surface area contributed by atoms with Gasteiger partial charge < -0.3 is 20.3 Å². The number of ether oxygens (including phenoxy) is 1. The van der Waals surface area contributed by atoms with E-state index in [2.05, 4.69) is 28.1 Å². The molecule has 4 rings (SSSR count). The van der Waals surface area contributed by atoms with Gasteiger partial charge in [0.25, 0.3) is 0 Å². The first-order valence-corrected chi connectivity index (χ1v) is 10.7. The van der Waals surface area contributed by atoms with Crippen molar-refractivity contribution in [2.45, 2.75) is 56.8 Å². The van der Waals surface area contributed by atoms with E-state index in [9.17, 15) is 4.79 Å². The standard InChI is InChI=1S/C21H27N3O2S/c1-26-20-10-3-2-9-19(20)23-21(25)22-15-12-16-6-4-7-17(13-15)24(16)14-18-8-5-11-27-18/h2-3,5,8-11,15-17H,4,6-7,12-14H2,1H3,(H2,22,23,25)/p+1/t15?,16-,17+. The SMILES string of the molecule is COc1ccccc1NC(=O)NC1C[C@H]2CCC[C@@H](C1)[NH+]2Cc1cccs1. The molecule has 0 radical (unpaired) electrons. The molecule has 2 amide bonds. The highest BCUT2D eigenvalue weighted by atomic mass is 32.1. The normalized spacial score (nSPS) is 27.0. The number of urea groups is 1. The lowest BCUT2D eigenvalue weighted by molar-refractivity contribution is -0.973. The Morgan fingerprint density at radius 1 is 1.19 bits per heavy atom. The number of carbonyl (C=O) groups excluding carboxylic acids is 1. The molecular weight excluding hydrogens is 358 g/mol. The van der Waals surface area contributed by atoms with E-state index >= 15 is 0 Å². The van der Waals surface area contributed by atoms with E-state index in [-0.39, 0.29) is 12.1 Å². The fraction of sp³-hybridized carbons (Fsp3) is 0.476. The van der Waals surface area contributed by atoms with Crippen molar-refractivity contribution >= 4 is 23.1 Å². The third-order valence-corrected chi connectivity index (χ3v) is 6.82. The van der Waals surface area contributed by atoms with E-state index in [4.69, 9.17) is 4.74 Å². The van der Waals surface area contributed by atoms with Crippen LogP contribution in [0.2, 0.25) is 0 Å². The molecule has 2 aliphatic heterocycles. The number of rotatable bonds is 5. The highest BCUT2D eigenvalue weighted by molar-refractivity contribution is 7.09. The topological polar surface area (TPSA) is 54.8 Å². The van der Waals surface area contributed by atoms with Crippen LogP contribution in [0.5, 0.6) is 5.75 Å². The van der Waals surface area contributed by atoms with Crippen molar-refractivity contribution in [2.75, 3.05) is 12.4 Å². The molecule has 2 bridgehead atoms. The van der Waals surface area contributed by atoms with Crippen molar-refractivity contribution in [3.8, 4) is 5.75 Å². The number of anilines is 1. The average molecular weight is 387 g/mol. The van der Waals surface area contributed by atoms with Crippen molar-refractivity contribution in [3.05, 3.63) is 46.7 Å². The van der Waals surface area contributed by atoms with Crippen LogP contribution in [0.15, 0.2) is 41.8 Å². The summed E-state index contributed by atoms with van der Waals surface area (Å²) in [5, 5.41) is 8.32. The zero-order chi connectivity index (χ0) is 18.6. The molecule has 3 N–H and O–H groups in total. The number of hydrogen-bond donors (Lipinski definition) is 3. The molecule has 2 aromatic rings. The summed E-state index contributed by atoms with van der Waals surface area (Å²) in [5.41, 5.74) is 0.707. The maximum absolute atomic E-state index is 12.5. The van der Waals surface area contributed by atoms with Crippen molar-refractivity contribution in [3.63, 3.8) is 0 Å². The second-order valence-electron chi connectivity index (χ2n) is 7.62. The molecule has 0 aliphatic carbocycles. The van der Waals surface area contributed by atoms with E-state index in [0.29, 0.717) is 23.5 Å². The minimum Gasteiger partial charge on any atom is -0.495 e. The molecule has 2 fully saturated rings. The van der Waals surface area contributed by atoms with Crippen molar-refractivity contribution in [2.24, 2.45) is 0 Å². The average Bonchev–Trinajstić information content (AvgIpc) is 3.16. The van der Waals surface area contributed by atoms with Gasteiger partial charge in [0, 0.05) is 18.9 Å². The van der Waals surface area contributed by atoms with Crippen molar-refractivity contribution < 1.29 is 14.4 Å². The molecule has 3 heterocycles. The van der Waals surface area contributed by atoms with Gasteiger partial charge >= 0.3 is 6.03 Å². The molecule has 4 atom stereocenters. The number of amides is 2. The monoisotopic (exact) mass is 386 g/mol. The van der Waals surface area contributed by atoms with Gasteiger partial charge in [0.1, 0.15) is 12.3 Å². The van der Waals surface area contributed by atoms with Gasteiger partial charge in [-0.25, -0.2) is 4.79 Å². The first-order valence-electron chi connectivity index (χ1n) is 9.81. The Morgan fingerprint density at radius 2 is 1.96 bits per heavy atom. The zero-order valence-electron chi connectivity index (χ0n) is 15.7. The molecule has 0 saturated carbocycles. The molecule has 144 valence electrons. The Balaban J connectivity index is 1.36. The van der Waals surface area contributed by atoms with E-state index in [0.717, 1.165) is 19.4 Å². The Labute approximate surface area is 164 Å².